The summed E-state index contributed by atoms with van der Waals surface area (Å²) in [6.07, 6.45) is 2.96. The molecule has 180 valence electrons. The van der Waals surface area contributed by atoms with Crippen molar-refractivity contribution < 1.29 is 22.3 Å². The summed E-state index contributed by atoms with van der Waals surface area (Å²) in [7, 11) is -3.52. The van der Waals surface area contributed by atoms with Crippen molar-refractivity contribution in [1.29, 1.82) is 0 Å². The Kier molecular flexibility index (Phi) is 7.60. The number of benzene rings is 2. The number of halogens is 1. The molecule has 0 radical (unpaired) electrons. The lowest BCUT2D eigenvalue weighted by molar-refractivity contribution is -0.122. The van der Waals surface area contributed by atoms with Crippen molar-refractivity contribution in [2.45, 2.75) is 43.6 Å². The molecule has 7 nitrogen and oxygen atoms in total. The summed E-state index contributed by atoms with van der Waals surface area (Å²) >= 11 is 1.24. The van der Waals surface area contributed by atoms with E-state index < -0.39 is 27.9 Å². The Morgan fingerprint density at radius 3 is 2.44 bits per heavy atom. The summed E-state index contributed by atoms with van der Waals surface area (Å²) in [6, 6.07) is 12.5. The van der Waals surface area contributed by atoms with Crippen LogP contribution in [0.2, 0.25) is 0 Å². The third kappa shape index (κ3) is 5.63. The van der Waals surface area contributed by atoms with Crippen LogP contribution in [-0.2, 0) is 14.8 Å². The van der Waals surface area contributed by atoms with E-state index in [-0.39, 0.29) is 10.6 Å². The van der Waals surface area contributed by atoms with Gasteiger partial charge in [0.15, 0.2) is 22.8 Å². The molecule has 1 atom stereocenters. The van der Waals surface area contributed by atoms with Gasteiger partial charge >= 0.3 is 0 Å². The van der Waals surface area contributed by atoms with Gasteiger partial charge in [-0.15, -0.1) is 11.3 Å². The smallest absolute Gasteiger partial charge is 0.266 e. The van der Waals surface area contributed by atoms with Crippen molar-refractivity contribution in [2.75, 3.05) is 18.4 Å². The summed E-state index contributed by atoms with van der Waals surface area (Å²) in [6.45, 7) is 2.64. The van der Waals surface area contributed by atoms with Gasteiger partial charge in [-0.05, 0) is 44.0 Å². The molecule has 1 fully saturated rings. The molecular formula is C24H26FN3O4S2. The zero-order chi connectivity index (χ0) is 24.1. The zero-order valence-electron chi connectivity index (χ0n) is 18.7. The van der Waals surface area contributed by atoms with Crippen molar-refractivity contribution in [3.63, 3.8) is 0 Å². The highest BCUT2D eigenvalue weighted by molar-refractivity contribution is 7.89. The third-order valence-corrected chi connectivity index (χ3v) is 8.27. The molecular weight excluding hydrogens is 477 g/mol. The molecule has 2 aromatic carbocycles. The van der Waals surface area contributed by atoms with Crippen LogP contribution < -0.4 is 10.1 Å². The fraction of sp³-hybridized carbons (Fsp3) is 0.333. The van der Waals surface area contributed by atoms with Crippen LogP contribution in [0.25, 0.3) is 11.3 Å². The van der Waals surface area contributed by atoms with Gasteiger partial charge in [0.05, 0.1) is 10.6 Å². The average molecular weight is 504 g/mol. The van der Waals surface area contributed by atoms with Crippen LogP contribution >= 0.6 is 11.3 Å². The fourth-order valence-electron chi connectivity index (χ4n) is 3.68. The fourth-order valence-corrected chi connectivity index (χ4v) is 5.92. The summed E-state index contributed by atoms with van der Waals surface area (Å²) in [5.41, 5.74) is 1.35. The van der Waals surface area contributed by atoms with E-state index in [0.29, 0.717) is 23.9 Å². The molecule has 3 aromatic rings. The number of hydrogen-bond acceptors (Lipinski definition) is 6. The highest BCUT2D eigenvalue weighted by atomic mass is 32.2. The monoisotopic (exact) mass is 503 g/mol. The molecule has 0 saturated carbocycles. The molecule has 1 aliphatic heterocycles. The Morgan fingerprint density at radius 2 is 1.76 bits per heavy atom. The van der Waals surface area contributed by atoms with E-state index in [2.05, 4.69) is 10.3 Å². The topological polar surface area (TPSA) is 88.6 Å². The Balaban J connectivity index is 1.40. The lowest BCUT2D eigenvalue weighted by Gasteiger charge is -2.20. The number of nitrogens with one attached hydrogen (secondary N) is 1. The molecule has 1 N–H and O–H groups in total. The number of hydrogen-bond donors (Lipinski definition) is 1. The number of carbonyl (C=O) groups excluding carboxylic acids is 1. The maximum absolute atomic E-state index is 13.7. The molecule has 10 heteroatoms. The number of sulfonamides is 1. The predicted octanol–water partition coefficient (Wildman–Crippen LogP) is 4.92. The van der Waals surface area contributed by atoms with Crippen LogP contribution in [0.5, 0.6) is 5.75 Å². The van der Waals surface area contributed by atoms with E-state index in [9.17, 15) is 17.6 Å². The second-order valence-electron chi connectivity index (χ2n) is 8.06. The lowest BCUT2D eigenvalue weighted by Crippen LogP contribution is -2.31. The number of rotatable bonds is 7. The molecule has 0 bridgehead atoms. The minimum absolute atomic E-state index is 0.000181. The van der Waals surface area contributed by atoms with Gasteiger partial charge in [-0.25, -0.2) is 17.8 Å². The molecule has 4 rings (SSSR count). The van der Waals surface area contributed by atoms with Gasteiger partial charge in [-0.1, -0.05) is 37.1 Å². The number of anilines is 1. The molecule has 0 aliphatic carbocycles. The first-order valence-corrected chi connectivity index (χ1v) is 13.4. The molecule has 1 aliphatic rings. The van der Waals surface area contributed by atoms with E-state index in [1.54, 1.807) is 46.1 Å². The van der Waals surface area contributed by atoms with Crippen molar-refractivity contribution in [3.05, 3.63) is 59.7 Å². The number of ether oxygens (including phenoxy) is 1. The minimum Gasteiger partial charge on any atom is -0.478 e. The van der Waals surface area contributed by atoms with Gasteiger partial charge in [-0.3, -0.25) is 10.1 Å². The van der Waals surface area contributed by atoms with E-state index in [1.807, 2.05) is 0 Å². The van der Waals surface area contributed by atoms with Crippen LogP contribution in [0.1, 0.15) is 32.6 Å². The van der Waals surface area contributed by atoms with Crippen molar-refractivity contribution in [2.24, 2.45) is 0 Å². The number of amides is 1. The largest absolute Gasteiger partial charge is 0.478 e. The molecule has 1 saturated heterocycles. The third-order valence-electron chi connectivity index (χ3n) is 5.60. The van der Waals surface area contributed by atoms with Gasteiger partial charge in [0.2, 0.25) is 10.0 Å². The van der Waals surface area contributed by atoms with Gasteiger partial charge < -0.3 is 4.74 Å². The first-order chi connectivity index (χ1) is 16.3. The SMILES string of the molecule is C[C@H](Oc1ccccc1F)C(=O)Nc1nc(-c2ccc(S(=O)(=O)N3CCCCCC3)cc2)cs1. The maximum Gasteiger partial charge on any atom is 0.266 e. The highest BCUT2D eigenvalue weighted by Gasteiger charge is 2.25. The first-order valence-electron chi connectivity index (χ1n) is 11.1. The van der Waals surface area contributed by atoms with Crippen LogP contribution in [0.4, 0.5) is 9.52 Å². The summed E-state index contributed by atoms with van der Waals surface area (Å²) < 4.78 is 46.6. The Bertz CT molecular complexity index is 1240. The molecule has 2 heterocycles. The summed E-state index contributed by atoms with van der Waals surface area (Å²) in [5.74, 6) is -0.997. The Morgan fingerprint density at radius 1 is 1.09 bits per heavy atom. The van der Waals surface area contributed by atoms with E-state index >= 15 is 0 Å². The lowest BCUT2D eigenvalue weighted by atomic mass is 10.2. The Hall–Kier alpha value is -2.82. The van der Waals surface area contributed by atoms with Crippen molar-refractivity contribution in [1.82, 2.24) is 9.29 Å². The van der Waals surface area contributed by atoms with Crippen molar-refractivity contribution in [3.8, 4) is 17.0 Å². The second kappa shape index (κ2) is 10.6. The number of aromatic nitrogens is 1. The molecule has 1 amide bonds. The predicted molar refractivity (Wildman–Crippen MR) is 130 cm³/mol. The van der Waals surface area contributed by atoms with E-state index in [4.69, 9.17) is 4.74 Å². The van der Waals surface area contributed by atoms with E-state index in [1.165, 1.54) is 30.4 Å². The van der Waals surface area contributed by atoms with E-state index in [0.717, 1.165) is 31.2 Å². The molecule has 0 spiro atoms. The minimum atomic E-state index is -3.52. The summed E-state index contributed by atoms with van der Waals surface area (Å²) in [4.78, 5) is 17.1. The molecule has 1 aromatic heterocycles. The second-order valence-corrected chi connectivity index (χ2v) is 10.9. The van der Waals surface area contributed by atoms with Crippen LogP contribution in [0.3, 0.4) is 0 Å². The van der Waals surface area contributed by atoms with Gasteiger partial charge in [-0.2, -0.15) is 4.31 Å². The first kappa shape index (κ1) is 24.3. The maximum atomic E-state index is 13.7. The van der Waals surface area contributed by atoms with Crippen LogP contribution in [0.15, 0.2) is 58.8 Å². The normalized spacial score (nSPS) is 15.9. The number of carbonyl (C=O) groups is 1. The van der Waals surface area contributed by atoms with Gasteiger partial charge in [0, 0.05) is 24.0 Å². The Labute approximate surface area is 202 Å². The van der Waals surface area contributed by atoms with Crippen LogP contribution in [0, 0.1) is 5.82 Å². The average Bonchev–Trinajstić information content (AvgIpc) is 3.11. The number of para-hydroxylation sites is 1. The number of nitrogens with zero attached hydrogens (tertiary/aromatic N) is 2. The van der Waals surface area contributed by atoms with Gasteiger partial charge in [0.1, 0.15) is 0 Å². The van der Waals surface area contributed by atoms with Crippen molar-refractivity contribution >= 4 is 32.4 Å². The molecule has 0 unspecified atom stereocenters. The zero-order valence-corrected chi connectivity index (χ0v) is 20.4. The van der Waals surface area contributed by atoms with Crippen LogP contribution in [-0.4, -0.2) is 42.8 Å². The standard InChI is InChI=1S/C24H26FN3O4S2/c1-17(32-22-9-5-4-8-20(22)25)23(29)27-24-26-21(16-33-24)18-10-12-19(13-11-18)34(30,31)28-14-6-2-3-7-15-28/h4-5,8-13,16-17H,2-3,6-7,14-15H2,1H3,(H,26,27,29)/t17-/m0/s1. The number of thiazole rings is 1. The summed E-state index contributed by atoms with van der Waals surface area (Å²) in [5, 5.41) is 4.81. The van der Waals surface area contributed by atoms with Gasteiger partial charge in [0.25, 0.3) is 5.91 Å². The molecule has 34 heavy (non-hydrogen) atoms. The highest BCUT2D eigenvalue weighted by Crippen LogP contribution is 2.28. The quantitative estimate of drug-likeness (QED) is 0.494.